The van der Waals surface area contributed by atoms with E-state index in [-0.39, 0.29) is 12.2 Å². The van der Waals surface area contributed by atoms with E-state index in [4.69, 9.17) is 0 Å². The third-order valence-corrected chi connectivity index (χ3v) is 1.83. The Labute approximate surface area is 72.9 Å². The molecular formula is C9H5F2NO. The van der Waals surface area contributed by atoms with Crippen LogP contribution in [0.25, 0.3) is 0 Å². The van der Waals surface area contributed by atoms with E-state index in [2.05, 4.69) is 4.99 Å². The first-order valence-corrected chi connectivity index (χ1v) is 3.71. The number of nitrogens with zero attached hydrogens (tertiary/aromatic N) is 1. The van der Waals surface area contributed by atoms with Crippen LogP contribution in [0.15, 0.2) is 17.1 Å². The highest BCUT2D eigenvalue weighted by Crippen LogP contribution is 2.25. The van der Waals surface area contributed by atoms with E-state index in [1.165, 1.54) is 0 Å². The minimum absolute atomic E-state index is 0.0933. The molecule has 0 saturated carbocycles. The van der Waals surface area contributed by atoms with Gasteiger partial charge < -0.3 is 0 Å². The Morgan fingerprint density at radius 2 is 1.92 bits per heavy atom. The Morgan fingerprint density at radius 1 is 1.23 bits per heavy atom. The third kappa shape index (κ3) is 1.35. The summed E-state index contributed by atoms with van der Waals surface area (Å²) < 4.78 is 25.4. The zero-order valence-corrected chi connectivity index (χ0v) is 6.55. The standard InChI is InChI=1S/C9H5F2NO/c10-7-2-5-1-6(13)4-12-9(5)3-8(7)11/h2-4H,1H2. The number of hydrogen-bond acceptors (Lipinski definition) is 2. The fourth-order valence-corrected chi connectivity index (χ4v) is 1.21. The highest BCUT2D eigenvalue weighted by molar-refractivity contribution is 6.29. The number of halogens is 2. The van der Waals surface area contributed by atoms with Crippen LogP contribution >= 0.6 is 0 Å². The molecule has 0 saturated heterocycles. The molecule has 0 aliphatic carbocycles. The molecule has 1 aromatic rings. The largest absolute Gasteiger partial charge is 0.293 e. The van der Waals surface area contributed by atoms with Gasteiger partial charge >= 0.3 is 0 Å². The number of aliphatic imine (C=N–C) groups is 1. The molecule has 1 aliphatic rings. The second-order valence-corrected chi connectivity index (χ2v) is 2.80. The average molecular weight is 181 g/mol. The molecule has 66 valence electrons. The normalized spacial score (nSPS) is 14.5. The molecule has 1 aliphatic heterocycles. The summed E-state index contributed by atoms with van der Waals surface area (Å²) in [5.74, 6) is -2.08. The zero-order chi connectivity index (χ0) is 9.42. The second kappa shape index (κ2) is 2.73. The van der Waals surface area contributed by atoms with Crippen LogP contribution in [-0.4, -0.2) is 12.0 Å². The molecule has 0 amide bonds. The topological polar surface area (TPSA) is 29.4 Å². The first kappa shape index (κ1) is 8.04. The number of rotatable bonds is 0. The van der Waals surface area contributed by atoms with E-state index >= 15 is 0 Å². The smallest absolute Gasteiger partial charge is 0.178 e. The average Bonchev–Trinajstić information content (AvgIpc) is 2.08. The van der Waals surface area contributed by atoms with Gasteiger partial charge in [-0.15, -0.1) is 0 Å². The van der Waals surface area contributed by atoms with Gasteiger partial charge in [0.05, 0.1) is 11.9 Å². The number of ketones is 1. The molecule has 0 bridgehead atoms. The van der Waals surface area contributed by atoms with Gasteiger partial charge in [-0.1, -0.05) is 0 Å². The molecular weight excluding hydrogens is 176 g/mol. The first-order valence-electron chi connectivity index (χ1n) is 3.71. The lowest BCUT2D eigenvalue weighted by Crippen LogP contribution is -2.08. The van der Waals surface area contributed by atoms with Gasteiger partial charge in [-0.25, -0.2) is 8.78 Å². The van der Waals surface area contributed by atoms with Gasteiger partial charge in [0.15, 0.2) is 17.4 Å². The van der Waals surface area contributed by atoms with Crippen LogP contribution in [0.5, 0.6) is 0 Å². The number of Topliss-reactive ketones (excluding diaryl/α,β-unsaturated/α-hetero) is 1. The number of carbonyl (C=O) groups is 1. The first-order chi connectivity index (χ1) is 6.16. The van der Waals surface area contributed by atoms with Gasteiger partial charge in [0, 0.05) is 12.5 Å². The summed E-state index contributed by atoms with van der Waals surface area (Å²) in [5, 5.41) is 0. The molecule has 0 N–H and O–H groups in total. The predicted octanol–water partition coefficient (Wildman–Crippen LogP) is 1.79. The molecule has 0 aromatic heterocycles. The summed E-state index contributed by atoms with van der Waals surface area (Å²) in [6, 6.07) is 2.01. The molecule has 0 radical (unpaired) electrons. The fourth-order valence-electron chi connectivity index (χ4n) is 1.21. The number of fused-ring (bicyclic) bond motifs is 1. The van der Waals surface area contributed by atoms with Crippen molar-refractivity contribution in [2.75, 3.05) is 0 Å². The van der Waals surface area contributed by atoms with Crippen LogP contribution in [0.2, 0.25) is 0 Å². The van der Waals surface area contributed by atoms with Gasteiger partial charge in [-0.2, -0.15) is 0 Å². The minimum atomic E-state index is -0.941. The number of benzene rings is 1. The molecule has 0 unspecified atom stereocenters. The summed E-state index contributed by atoms with van der Waals surface area (Å²) in [5.41, 5.74) is 0.768. The van der Waals surface area contributed by atoms with Crippen LogP contribution in [0, 0.1) is 11.6 Å². The van der Waals surface area contributed by atoms with E-state index in [0.717, 1.165) is 18.3 Å². The molecule has 1 heterocycles. The predicted molar refractivity (Wildman–Crippen MR) is 43.2 cm³/mol. The van der Waals surface area contributed by atoms with Gasteiger partial charge in [-0.3, -0.25) is 9.79 Å². The lowest BCUT2D eigenvalue weighted by Gasteiger charge is -2.08. The summed E-state index contributed by atoms with van der Waals surface area (Å²) >= 11 is 0. The Bertz CT molecular complexity index is 412. The molecule has 13 heavy (non-hydrogen) atoms. The van der Waals surface area contributed by atoms with Crippen LogP contribution < -0.4 is 0 Å². The molecule has 4 heteroatoms. The van der Waals surface area contributed by atoms with Crippen molar-refractivity contribution in [1.29, 1.82) is 0 Å². The van der Waals surface area contributed by atoms with E-state index in [1.54, 1.807) is 0 Å². The number of carbonyl (C=O) groups excluding carboxylic acids is 1. The maximum absolute atomic E-state index is 12.7. The Kier molecular flexibility index (Phi) is 1.69. The van der Waals surface area contributed by atoms with Gasteiger partial charge in [0.2, 0.25) is 0 Å². The summed E-state index contributed by atoms with van der Waals surface area (Å²) in [7, 11) is 0. The molecule has 0 spiro atoms. The summed E-state index contributed by atoms with van der Waals surface area (Å²) in [6.07, 6.45) is 1.22. The third-order valence-electron chi connectivity index (χ3n) is 1.83. The van der Waals surface area contributed by atoms with Crippen molar-refractivity contribution < 1.29 is 13.6 Å². The van der Waals surface area contributed by atoms with Crippen molar-refractivity contribution in [1.82, 2.24) is 0 Å². The van der Waals surface area contributed by atoms with E-state index in [1.807, 2.05) is 0 Å². The SMILES string of the molecule is O=C1C=Nc2cc(F)c(F)cc2C1. The molecule has 0 fully saturated rings. The highest BCUT2D eigenvalue weighted by Gasteiger charge is 2.14. The monoisotopic (exact) mass is 181 g/mol. The van der Waals surface area contributed by atoms with E-state index < -0.39 is 11.6 Å². The summed E-state index contributed by atoms with van der Waals surface area (Å²) in [6.45, 7) is 0. The van der Waals surface area contributed by atoms with Crippen LogP contribution in [0.3, 0.4) is 0 Å². The van der Waals surface area contributed by atoms with E-state index in [0.29, 0.717) is 11.3 Å². The Morgan fingerprint density at radius 3 is 2.69 bits per heavy atom. The lowest BCUT2D eigenvalue weighted by molar-refractivity contribution is -0.112. The van der Waals surface area contributed by atoms with Crippen molar-refractivity contribution >= 4 is 17.7 Å². The van der Waals surface area contributed by atoms with Crippen molar-refractivity contribution in [2.24, 2.45) is 4.99 Å². The van der Waals surface area contributed by atoms with Gasteiger partial charge in [-0.05, 0) is 11.6 Å². The maximum Gasteiger partial charge on any atom is 0.178 e. The lowest BCUT2D eigenvalue weighted by atomic mass is 10.0. The molecule has 0 atom stereocenters. The van der Waals surface area contributed by atoms with Crippen LogP contribution in [-0.2, 0) is 11.2 Å². The van der Waals surface area contributed by atoms with Crippen LogP contribution in [0.1, 0.15) is 5.56 Å². The van der Waals surface area contributed by atoms with Crippen molar-refractivity contribution in [3.8, 4) is 0 Å². The zero-order valence-electron chi connectivity index (χ0n) is 6.55. The molecule has 2 nitrogen and oxygen atoms in total. The quantitative estimate of drug-likeness (QED) is 0.600. The van der Waals surface area contributed by atoms with Gasteiger partial charge in [0.1, 0.15) is 0 Å². The minimum Gasteiger partial charge on any atom is -0.293 e. The van der Waals surface area contributed by atoms with Gasteiger partial charge in [0.25, 0.3) is 0 Å². The van der Waals surface area contributed by atoms with Crippen molar-refractivity contribution in [3.05, 3.63) is 29.3 Å². The Hall–Kier alpha value is -1.58. The maximum atomic E-state index is 12.7. The highest BCUT2D eigenvalue weighted by atomic mass is 19.2. The second-order valence-electron chi connectivity index (χ2n) is 2.80. The van der Waals surface area contributed by atoms with Crippen molar-refractivity contribution in [3.63, 3.8) is 0 Å². The molecule has 1 aromatic carbocycles. The van der Waals surface area contributed by atoms with Crippen molar-refractivity contribution in [2.45, 2.75) is 6.42 Å². The Balaban J connectivity index is 2.58. The summed E-state index contributed by atoms with van der Waals surface area (Å²) in [4.78, 5) is 14.6. The van der Waals surface area contributed by atoms with E-state index in [9.17, 15) is 13.6 Å². The fraction of sp³-hybridized carbons (Fsp3) is 0.111. The molecule has 2 rings (SSSR count). The van der Waals surface area contributed by atoms with Crippen LogP contribution in [0.4, 0.5) is 14.5 Å². The number of hydrogen-bond donors (Lipinski definition) is 0.